The predicted molar refractivity (Wildman–Crippen MR) is 56.3 cm³/mol. The number of nitrogens with zero attached hydrogens (tertiary/aromatic N) is 1. The topological polar surface area (TPSA) is 70.5 Å². The van der Waals surface area contributed by atoms with E-state index in [4.69, 9.17) is 17.6 Å². The van der Waals surface area contributed by atoms with Crippen molar-refractivity contribution in [3.05, 3.63) is 0 Å². The number of methoxy groups -OCH3 is 1. The highest BCUT2D eigenvalue weighted by molar-refractivity contribution is 8.35. The first kappa shape index (κ1) is 11.1. The minimum atomic E-state index is -0.441. The number of amides is 1. The van der Waals surface area contributed by atoms with Gasteiger partial charge >= 0.3 is 5.97 Å². The maximum atomic E-state index is 11.3. The van der Waals surface area contributed by atoms with Crippen LogP contribution in [0.4, 0.5) is 0 Å². The van der Waals surface area contributed by atoms with Crippen molar-refractivity contribution in [3.8, 4) is 0 Å². The Morgan fingerprint density at radius 1 is 1.71 bits per heavy atom. The van der Waals surface area contributed by atoms with Crippen molar-refractivity contribution in [3.63, 3.8) is 0 Å². The van der Waals surface area contributed by atoms with Crippen LogP contribution in [0.1, 0.15) is 6.42 Å². The van der Waals surface area contributed by atoms with Gasteiger partial charge in [0.1, 0.15) is 4.32 Å². The van der Waals surface area contributed by atoms with Crippen molar-refractivity contribution in [2.75, 3.05) is 13.7 Å². The second-order valence-electron chi connectivity index (χ2n) is 2.48. The summed E-state index contributed by atoms with van der Waals surface area (Å²) in [4.78, 5) is 23.3. The molecule has 0 spiro atoms. The normalized spacial score (nSPS) is 16.4. The molecule has 1 heterocycles. The molecule has 1 fully saturated rings. The zero-order valence-electron chi connectivity index (χ0n) is 7.40. The Kier molecular flexibility index (Phi) is 3.59. The molecule has 0 saturated carbocycles. The van der Waals surface area contributed by atoms with Crippen LogP contribution < -0.4 is 0 Å². The second kappa shape index (κ2) is 4.52. The quantitative estimate of drug-likeness (QED) is 0.563. The summed E-state index contributed by atoms with van der Waals surface area (Å²) in [7, 11) is 1.28. The molecule has 1 saturated heterocycles. The molecule has 1 amide bonds. The number of ether oxygens (including phenoxy) is 1. The van der Waals surface area contributed by atoms with E-state index in [1.165, 1.54) is 12.0 Å². The highest BCUT2D eigenvalue weighted by Gasteiger charge is 2.32. The first-order valence-electron chi connectivity index (χ1n) is 3.75. The van der Waals surface area contributed by atoms with Crippen molar-refractivity contribution in [1.29, 1.82) is 5.41 Å². The molecule has 5 nitrogen and oxygen atoms in total. The summed E-state index contributed by atoms with van der Waals surface area (Å²) in [5, 5.41) is 7.12. The van der Waals surface area contributed by atoms with Gasteiger partial charge < -0.3 is 4.74 Å². The molecule has 0 bridgehead atoms. The van der Waals surface area contributed by atoms with Crippen LogP contribution in [-0.2, 0) is 14.3 Å². The third kappa shape index (κ3) is 2.30. The van der Waals surface area contributed by atoms with E-state index < -0.39 is 11.9 Å². The first-order valence-corrected chi connectivity index (χ1v) is 4.97. The maximum absolute atomic E-state index is 11.3. The summed E-state index contributed by atoms with van der Waals surface area (Å²) in [5.41, 5.74) is 0. The largest absolute Gasteiger partial charge is 0.469 e. The molecule has 0 aromatic carbocycles. The molecule has 14 heavy (non-hydrogen) atoms. The number of thiocarbonyl (C=S) groups is 1. The van der Waals surface area contributed by atoms with Gasteiger partial charge in [-0.3, -0.25) is 19.9 Å². The van der Waals surface area contributed by atoms with E-state index in [9.17, 15) is 9.59 Å². The van der Waals surface area contributed by atoms with Gasteiger partial charge in [0.05, 0.1) is 13.5 Å². The van der Waals surface area contributed by atoms with Crippen molar-refractivity contribution >= 4 is 45.2 Å². The van der Waals surface area contributed by atoms with Crippen LogP contribution in [-0.4, -0.2) is 39.8 Å². The van der Waals surface area contributed by atoms with Crippen LogP contribution in [0.2, 0.25) is 0 Å². The number of hydrogen-bond acceptors (Lipinski definition) is 6. The highest BCUT2D eigenvalue weighted by Crippen LogP contribution is 2.21. The van der Waals surface area contributed by atoms with Crippen molar-refractivity contribution in [1.82, 2.24) is 4.90 Å². The molecular formula is C7H8N2O3S2. The molecule has 1 N–H and O–H groups in total. The standard InChI is InChI=1S/C7H8N2O3S2/c1-12-4(10)2-3-9-6(11)5(8)14-7(9)13/h8H,2-3H2,1H3. The monoisotopic (exact) mass is 232 g/mol. The maximum Gasteiger partial charge on any atom is 0.307 e. The lowest BCUT2D eigenvalue weighted by atomic mass is 10.4. The number of carbonyl (C=O) groups excluding carboxylic acids is 2. The number of nitrogens with one attached hydrogen (secondary N) is 1. The summed E-state index contributed by atoms with van der Waals surface area (Å²) in [6.07, 6.45) is 0.0935. The first-order chi connectivity index (χ1) is 6.56. The van der Waals surface area contributed by atoms with Crippen LogP contribution in [0.3, 0.4) is 0 Å². The van der Waals surface area contributed by atoms with E-state index in [1.807, 2.05) is 0 Å². The average Bonchev–Trinajstić information content (AvgIpc) is 2.39. The summed E-state index contributed by atoms with van der Waals surface area (Å²) >= 11 is 5.79. The van der Waals surface area contributed by atoms with Crippen LogP contribution in [0.5, 0.6) is 0 Å². The average molecular weight is 232 g/mol. The van der Waals surface area contributed by atoms with Gasteiger partial charge in [-0.25, -0.2) is 0 Å². The van der Waals surface area contributed by atoms with E-state index in [1.54, 1.807) is 0 Å². The molecule has 1 rings (SSSR count). The summed E-state index contributed by atoms with van der Waals surface area (Å²) in [5.74, 6) is -0.840. The SMILES string of the molecule is COC(=O)CCN1C(=O)C(=N)SC1=S. The predicted octanol–water partition coefficient (Wildman–Crippen LogP) is 0.387. The van der Waals surface area contributed by atoms with Crippen molar-refractivity contribution in [2.24, 2.45) is 0 Å². The van der Waals surface area contributed by atoms with Crippen molar-refractivity contribution < 1.29 is 14.3 Å². The molecule has 0 aromatic heterocycles. The number of esters is 1. The van der Waals surface area contributed by atoms with Gasteiger partial charge in [0.15, 0.2) is 5.04 Å². The second-order valence-corrected chi connectivity index (χ2v) is 4.12. The van der Waals surface area contributed by atoms with Crippen molar-refractivity contribution in [2.45, 2.75) is 6.42 Å². The minimum absolute atomic E-state index is 0.0935. The van der Waals surface area contributed by atoms with E-state index in [0.717, 1.165) is 11.8 Å². The highest BCUT2D eigenvalue weighted by atomic mass is 32.2. The van der Waals surface area contributed by atoms with E-state index in [2.05, 4.69) is 4.74 Å². The summed E-state index contributed by atoms with van der Waals surface area (Å²) < 4.78 is 4.75. The molecule has 7 heteroatoms. The molecule has 1 aliphatic rings. The van der Waals surface area contributed by atoms with Crippen LogP contribution in [0.25, 0.3) is 0 Å². The van der Waals surface area contributed by atoms with Crippen LogP contribution in [0, 0.1) is 5.41 Å². The lowest BCUT2D eigenvalue weighted by Gasteiger charge is -2.12. The number of thioether (sulfide) groups is 1. The zero-order chi connectivity index (χ0) is 10.7. The molecular weight excluding hydrogens is 224 g/mol. The molecule has 0 aliphatic carbocycles. The van der Waals surface area contributed by atoms with Gasteiger partial charge in [-0.1, -0.05) is 12.2 Å². The molecule has 1 aliphatic heterocycles. The Morgan fingerprint density at radius 2 is 2.36 bits per heavy atom. The van der Waals surface area contributed by atoms with E-state index in [-0.39, 0.29) is 18.0 Å². The molecule has 0 aromatic rings. The lowest BCUT2D eigenvalue weighted by molar-refractivity contribution is -0.140. The Hall–Kier alpha value is -0.950. The van der Waals surface area contributed by atoms with Crippen LogP contribution >= 0.6 is 24.0 Å². The Labute approximate surface area is 90.3 Å². The molecule has 0 atom stereocenters. The Bertz CT molecular complexity index is 316. The van der Waals surface area contributed by atoms with Gasteiger partial charge in [0.2, 0.25) is 0 Å². The van der Waals surface area contributed by atoms with E-state index in [0.29, 0.717) is 4.32 Å². The third-order valence-electron chi connectivity index (χ3n) is 1.62. The Balaban J connectivity index is 2.53. The molecule has 0 unspecified atom stereocenters. The summed E-state index contributed by atoms with van der Waals surface area (Å²) in [6, 6.07) is 0. The fourth-order valence-corrected chi connectivity index (χ4v) is 1.97. The minimum Gasteiger partial charge on any atom is -0.469 e. The number of rotatable bonds is 3. The van der Waals surface area contributed by atoms with Gasteiger partial charge in [0.25, 0.3) is 5.91 Å². The molecule has 0 radical (unpaired) electrons. The van der Waals surface area contributed by atoms with E-state index >= 15 is 0 Å². The lowest BCUT2D eigenvalue weighted by Crippen LogP contribution is -2.32. The van der Waals surface area contributed by atoms with Gasteiger partial charge in [-0.05, 0) is 11.8 Å². The zero-order valence-corrected chi connectivity index (χ0v) is 9.04. The molecule has 76 valence electrons. The number of carbonyl (C=O) groups is 2. The smallest absolute Gasteiger partial charge is 0.307 e. The van der Waals surface area contributed by atoms with Gasteiger partial charge in [-0.15, -0.1) is 0 Å². The Morgan fingerprint density at radius 3 is 2.79 bits per heavy atom. The van der Waals surface area contributed by atoms with Crippen LogP contribution in [0.15, 0.2) is 0 Å². The van der Waals surface area contributed by atoms with Gasteiger partial charge in [-0.2, -0.15) is 0 Å². The van der Waals surface area contributed by atoms with Gasteiger partial charge in [0, 0.05) is 6.54 Å². The third-order valence-corrected chi connectivity index (χ3v) is 2.86. The number of hydrogen-bond donors (Lipinski definition) is 1. The fraction of sp³-hybridized carbons (Fsp3) is 0.429. The summed E-state index contributed by atoms with van der Waals surface area (Å²) in [6.45, 7) is 0.180. The fourth-order valence-electron chi connectivity index (χ4n) is 0.890.